The van der Waals surface area contributed by atoms with Gasteiger partial charge < -0.3 is 10.8 Å². The van der Waals surface area contributed by atoms with E-state index in [-0.39, 0.29) is 5.56 Å². The molecule has 98 valence electrons. The van der Waals surface area contributed by atoms with Gasteiger partial charge in [-0.15, -0.1) is 0 Å². The summed E-state index contributed by atoms with van der Waals surface area (Å²) in [6, 6.07) is 0.422. The topological polar surface area (TPSA) is 63.8 Å². The summed E-state index contributed by atoms with van der Waals surface area (Å²) in [6.45, 7) is 0.343. The summed E-state index contributed by atoms with van der Waals surface area (Å²) >= 11 is 0. The van der Waals surface area contributed by atoms with Crippen molar-refractivity contribution in [3.8, 4) is 0 Å². The third-order valence-electron chi connectivity index (χ3n) is 5.57. The Balaban J connectivity index is 1.72. The van der Waals surface area contributed by atoms with Crippen molar-refractivity contribution in [1.29, 1.82) is 0 Å². The first-order chi connectivity index (χ1) is 8.76. The van der Waals surface area contributed by atoms with E-state index < -0.39 is 0 Å². The molecule has 1 aromatic heterocycles. The monoisotopic (exact) mass is 247 g/mol. The highest BCUT2D eigenvalue weighted by Gasteiger charge is 2.49. The second-order valence-electron chi connectivity index (χ2n) is 6.60. The van der Waals surface area contributed by atoms with Gasteiger partial charge >= 0.3 is 0 Å². The van der Waals surface area contributed by atoms with E-state index in [1.165, 1.54) is 32.1 Å². The van der Waals surface area contributed by atoms with E-state index >= 15 is 0 Å². The van der Waals surface area contributed by atoms with Gasteiger partial charge in [0.25, 0.3) is 5.56 Å². The van der Waals surface area contributed by atoms with Crippen LogP contribution in [0.5, 0.6) is 0 Å². The molecule has 0 amide bonds. The van der Waals surface area contributed by atoms with Crippen molar-refractivity contribution in [2.45, 2.75) is 44.7 Å². The Morgan fingerprint density at radius 3 is 2.28 bits per heavy atom. The fourth-order valence-electron chi connectivity index (χ4n) is 5.11. The van der Waals surface area contributed by atoms with Gasteiger partial charge in [0.1, 0.15) is 0 Å². The van der Waals surface area contributed by atoms with Crippen LogP contribution in [-0.4, -0.2) is 9.78 Å². The van der Waals surface area contributed by atoms with E-state index in [0.717, 1.165) is 29.2 Å². The first-order valence-corrected chi connectivity index (χ1v) is 7.25. The van der Waals surface area contributed by atoms with Crippen LogP contribution in [0.25, 0.3) is 0 Å². The highest BCUT2D eigenvalue weighted by atomic mass is 16.1. The van der Waals surface area contributed by atoms with Crippen LogP contribution < -0.4 is 11.3 Å². The third-order valence-corrected chi connectivity index (χ3v) is 5.57. The SMILES string of the molecule is NCc1c[nH]n(C2C3CC4CC(C3)CC2C4)c1=O. The quantitative estimate of drug-likeness (QED) is 0.834. The van der Waals surface area contributed by atoms with E-state index in [0.29, 0.717) is 12.6 Å². The number of nitrogens with zero attached hydrogens (tertiary/aromatic N) is 1. The van der Waals surface area contributed by atoms with Crippen molar-refractivity contribution in [3.05, 3.63) is 22.1 Å². The van der Waals surface area contributed by atoms with Crippen LogP contribution in [0.15, 0.2) is 11.0 Å². The average Bonchev–Trinajstić information content (AvgIpc) is 2.70. The molecule has 1 heterocycles. The summed E-state index contributed by atoms with van der Waals surface area (Å²) in [5.41, 5.74) is 6.45. The lowest BCUT2D eigenvalue weighted by atomic mass is 9.54. The smallest absolute Gasteiger partial charge is 0.271 e. The summed E-state index contributed by atoms with van der Waals surface area (Å²) in [4.78, 5) is 12.3. The van der Waals surface area contributed by atoms with Crippen molar-refractivity contribution >= 4 is 0 Å². The molecule has 1 aromatic rings. The molecule has 4 heteroatoms. The molecule has 4 aliphatic rings. The molecule has 0 atom stereocenters. The second kappa shape index (κ2) is 3.73. The number of aromatic amines is 1. The van der Waals surface area contributed by atoms with Crippen molar-refractivity contribution in [2.24, 2.45) is 29.4 Å². The Bertz CT molecular complexity index is 487. The number of hydrogen-bond donors (Lipinski definition) is 2. The first kappa shape index (κ1) is 10.9. The molecular weight excluding hydrogens is 226 g/mol. The van der Waals surface area contributed by atoms with Crippen LogP contribution in [0.2, 0.25) is 0 Å². The average molecular weight is 247 g/mol. The van der Waals surface area contributed by atoms with Gasteiger partial charge in [-0.3, -0.25) is 4.79 Å². The molecule has 0 radical (unpaired) electrons. The maximum atomic E-state index is 12.3. The van der Waals surface area contributed by atoms with Gasteiger partial charge in [0, 0.05) is 18.3 Å². The molecule has 3 N–H and O–H groups in total. The maximum absolute atomic E-state index is 12.3. The van der Waals surface area contributed by atoms with Gasteiger partial charge in [-0.2, -0.15) is 0 Å². The van der Waals surface area contributed by atoms with Crippen LogP contribution in [-0.2, 0) is 6.54 Å². The zero-order chi connectivity index (χ0) is 12.3. The van der Waals surface area contributed by atoms with E-state index in [9.17, 15) is 4.79 Å². The molecule has 0 spiro atoms. The Morgan fingerprint density at radius 1 is 1.17 bits per heavy atom. The van der Waals surface area contributed by atoms with E-state index in [1.54, 1.807) is 6.20 Å². The highest BCUT2D eigenvalue weighted by molar-refractivity contribution is 5.07. The normalized spacial score (nSPS) is 41.5. The lowest BCUT2D eigenvalue weighted by Gasteiger charge is -2.54. The summed E-state index contributed by atoms with van der Waals surface area (Å²) in [5.74, 6) is 3.35. The van der Waals surface area contributed by atoms with Crippen molar-refractivity contribution < 1.29 is 0 Å². The van der Waals surface area contributed by atoms with Crippen LogP contribution >= 0.6 is 0 Å². The molecule has 0 aliphatic heterocycles. The minimum absolute atomic E-state index is 0.120. The highest BCUT2D eigenvalue weighted by Crippen LogP contribution is 2.57. The molecule has 4 saturated carbocycles. The number of rotatable bonds is 2. The number of nitrogens with one attached hydrogen (secondary N) is 1. The van der Waals surface area contributed by atoms with Gasteiger partial charge in [-0.25, -0.2) is 4.68 Å². The van der Waals surface area contributed by atoms with Crippen LogP contribution in [0.3, 0.4) is 0 Å². The molecule has 18 heavy (non-hydrogen) atoms. The summed E-state index contributed by atoms with van der Waals surface area (Å²) in [7, 11) is 0. The lowest BCUT2D eigenvalue weighted by Crippen LogP contribution is -2.48. The molecule has 5 rings (SSSR count). The Morgan fingerprint density at radius 2 is 1.78 bits per heavy atom. The molecular formula is C14H21N3O. The largest absolute Gasteiger partial charge is 0.326 e. The van der Waals surface area contributed by atoms with Crippen LogP contribution in [0, 0.1) is 23.7 Å². The fourth-order valence-corrected chi connectivity index (χ4v) is 5.11. The number of aromatic nitrogens is 2. The van der Waals surface area contributed by atoms with Crippen LogP contribution in [0.1, 0.15) is 43.7 Å². The number of H-pyrrole nitrogens is 1. The molecule has 4 bridgehead atoms. The van der Waals surface area contributed by atoms with Gasteiger partial charge in [0.05, 0.1) is 6.04 Å². The van der Waals surface area contributed by atoms with Crippen molar-refractivity contribution in [3.63, 3.8) is 0 Å². The zero-order valence-corrected chi connectivity index (χ0v) is 10.6. The maximum Gasteiger partial charge on any atom is 0.271 e. The zero-order valence-electron chi connectivity index (χ0n) is 10.6. The molecule has 4 aliphatic carbocycles. The predicted octanol–water partition coefficient (Wildman–Crippen LogP) is 1.63. The number of nitrogens with two attached hydrogens (primary N) is 1. The van der Waals surface area contributed by atoms with Gasteiger partial charge in [-0.05, 0) is 55.8 Å². The van der Waals surface area contributed by atoms with Crippen molar-refractivity contribution in [2.75, 3.05) is 0 Å². The van der Waals surface area contributed by atoms with Gasteiger partial charge in [-0.1, -0.05) is 0 Å². The fraction of sp³-hybridized carbons (Fsp3) is 0.786. The molecule has 0 unspecified atom stereocenters. The first-order valence-electron chi connectivity index (χ1n) is 7.25. The summed E-state index contributed by atoms with van der Waals surface area (Å²) in [6.07, 6.45) is 8.59. The lowest BCUT2D eigenvalue weighted by molar-refractivity contribution is -0.0348. The standard InChI is InChI=1S/C14H21N3O/c15-6-12-7-16-17(14(12)18)13-10-2-8-1-9(4-10)5-11(13)3-8/h7-11,13,16H,1-6,15H2. The second-order valence-corrected chi connectivity index (χ2v) is 6.60. The minimum atomic E-state index is 0.120. The van der Waals surface area contributed by atoms with E-state index in [1.807, 2.05) is 4.68 Å². The Hall–Kier alpha value is -1.03. The predicted molar refractivity (Wildman–Crippen MR) is 69.0 cm³/mol. The van der Waals surface area contributed by atoms with E-state index in [2.05, 4.69) is 5.10 Å². The molecule has 4 fully saturated rings. The summed E-state index contributed by atoms with van der Waals surface area (Å²) in [5, 5.41) is 3.18. The minimum Gasteiger partial charge on any atom is -0.326 e. The third kappa shape index (κ3) is 1.38. The van der Waals surface area contributed by atoms with Crippen molar-refractivity contribution in [1.82, 2.24) is 9.78 Å². The summed E-state index contributed by atoms with van der Waals surface area (Å²) < 4.78 is 1.90. The Kier molecular flexibility index (Phi) is 2.25. The van der Waals surface area contributed by atoms with Crippen LogP contribution in [0.4, 0.5) is 0 Å². The molecule has 0 saturated heterocycles. The van der Waals surface area contributed by atoms with E-state index in [4.69, 9.17) is 5.73 Å². The Labute approximate surface area is 107 Å². The number of hydrogen-bond acceptors (Lipinski definition) is 2. The van der Waals surface area contributed by atoms with Gasteiger partial charge in [0.2, 0.25) is 0 Å². The van der Waals surface area contributed by atoms with Gasteiger partial charge in [0.15, 0.2) is 0 Å². The molecule has 0 aromatic carbocycles. The molecule has 4 nitrogen and oxygen atoms in total.